The number of aromatic nitrogens is 2. The van der Waals surface area contributed by atoms with Crippen LogP contribution < -0.4 is 10.1 Å². The molecular weight excluding hydrogens is 388 g/mol. The maximum Gasteiger partial charge on any atom is 0.130 e. The first-order valence-electron chi connectivity index (χ1n) is 8.55. The zero-order valence-electron chi connectivity index (χ0n) is 15.3. The Morgan fingerprint density at radius 1 is 1.14 bits per heavy atom. The first kappa shape index (κ1) is 21.8. The van der Waals surface area contributed by atoms with E-state index >= 15 is 0 Å². The van der Waals surface area contributed by atoms with Crippen molar-refractivity contribution in [1.29, 1.82) is 0 Å². The Labute approximate surface area is 168 Å². The van der Waals surface area contributed by atoms with Crippen molar-refractivity contribution in [2.75, 3.05) is 13.2 Å². The molecule has 3 aromatic rings. The maximum atomic E-state index is 13.7. The predicted molar refractivity (Wildman–Crippen MR) is 105 cm³/mol. The van der Waals surface area contributed by atoms with E-state index in [-0.39, 0.29) is 43.2 Å². The third kappa shape index (κ3) is 5.76. The van der Waals surface area contributed by atoms with Crippen molar-refractivity contribution in [2.45, 2.75) is 12.1 Å². The number of aliphatic hydroxyl groups is 1. The lowest BCUT2D eigenvalue weighted by atomic mass is 10.1. The van der Waals surface area contributed by atoms with Crippen LogP contribution in [0.4, 0.5) is 8.78 Å². The van der Waals surface area contributed by atoms with E-state index in [1.54, 1.807) is 24.5 Å². The van der Waals surface area contributed by atoms with Crippen LogP contribution in [-0.4, -0.2) is 33.9 Å². The summed E-state index contributed by atoms with van der Waals surface area (Å²) in [6.45, 7) is 0.240. The van der Waals surface area contributed by atoms with Gasteiger partial charge in [0.1, 0.15) is 35.9 Å². The van der Waals surface area contributed by atoms with Gasteiger partial charge in [0.05, 0.1) is 6.04 Å². The molecule has 5 nitrogen and oxygen atoms in total. The Morgan fingerprint density at radius 2 is 1.89 bits per heavy atom. The smallest absolute Gasteiger partial charge is 0.130 e. The topological polar surface area (TPSA) is 59.3 Å². The summed E-state index contributed by atoms with van der Waals surface area (Å²) in [6.07, 6.45) is 2.65. The minimum absolute atomic E-state index is 0. The standard InChI is InChI=1S/C20H21F2N3O2.ClH/c1-25-10-9-23-20(25)19(14-3-2-4-16(22)11-14)24-12-17(26)13-27-18-7-5-15(21)6-8-18;/h2-11,17,19,24,26H,12-13H2,1H3;1H. The molecule has 2 N–H and O–H groups in total. The number of halogens is 3. The number of nitrogens with zero attached hydrogens (tertiary/aromatic N) is 2. The summed E-state index contributed by atoms with van der Waals surface area (Å²) in [7, 11) is 1.85. The lowest BCUT2D eigenvalue weighted by molar-refractivity contribution is 0.104. The molecule has 2 atom stereocenters. The maximum absolute atomic E-state index is 13.7. The average Bonchev–Trinajstić information content (AvgIpc) is 3.07. The SMILES string of the molecule is Cl.Cn1ccnc1C(NCC(O)COc1ccc(F)cc1)c1cccc(F)c1. The molecule has 3 rings (SSSR count). The van der Waals surface area contributed by atoms with Crippen LogP contribution in [0.5, 0.6) is 5.75 Å². The van der Waals surface area contributed by atoms with Crippen LogP contribution in [-0.2, 0) is 7.05 Å². The number of hydrogen-bond donors (Lipinski definition) is 2. The van der Waals surface area contributed by atoms with Crippen LogP contribution in [0, 0.1) is 11.6 Å². The van der Waals surface area contributed by atoms with Gasteiger partial charge in [-0.15, -0.1) is 12.4 Å². The minimum Gasteiger partial charge on any atom is -0.491 e. The van der Waals surface area contributed by atoms with Gasteiger partial charge in [0.2, 0.25) is 0 Å². The molecule has 2 aromatic carbocycles. The number of nitrogens with one attached hydrogen (secondary N) is 1. The van der Waals surface area contributed by atoms with Crippen molar-refractivity contribution in [3.05, 3.63) is 83.9 Å². The second-order valence-corrected chi connectivity index (χ2v) is 6.21. The number of aliphatic hydroxyl groups excluding tert-OH is 1. The van der Waals surface area contributed by atoms with E-state index in [1.165, 1.54) is 36.4 Å². The summed E-state index contributed by atoms with van der Waals surface area (Å²) in [5.41, 5.74) is 0.705. The minimum atomic E-state index is -0.814. The second kappa shape index (κ2) is 10.2. The van der Waals surface area contributed by atoms with E-state index in [0.717, 1.165) is 0 Å². The quantitative estimate of drug-likeness (QED) is 0.599. The molecule has 0 saturated carbocycles. The van der Waals surface area contributed by atoms with Gasteiger partial charge in [-0.25, -0.2) is 13.8 Å². The van der Waals surface area contributed by atoms with E-state index in [4.69, 9.17) is 4.74 Å². The summed E-state index contributed by atoms with van der Waals surface area (Å²) < 4.78 is 33.9. The number of ether oxygens (including phenoxy) is 1. The van der Waals surface area contributed by atoms with Gasteiger partial charge in [0.25, 0.3) is 0 Å². The van der Waals surface area contributed by atoms with E-state index in [1.807, 2.05) is 11.6 Å². The highest BCUT2D eigenvalue weighted by Gasteiger charge is 2.20. The third-order valence-corrected chi connectivity index (χ3v) is 4.11. The van der Waals surface area contributed by atoms with Crippen molar-refractivity contribution in [3.8, 4) is 5.75 Å². The molecule has 0 saturated heterocycles. The van der Waals surface area contributed by atoms with Crippen LogP contribution in [0.2, 0.25) is 0 Å². The van der Waals surface area contributed by atoms with Crippen LogP contribution in [0.25, 0.3) is 0 Å². The molecule has 0 aliphatic carbocycles. The van der Waals surface area contributed by atoms with Crippen molar-refractivity contribution < 1.29 is 18.6 Å². The van der Waals surface area contributed by atoms with Crippen molar-refractivity contribution in [1.82, 2.24) is 14.9 Å². The van der Waals surface area contributed by atoms with Crippen LogP contribution in [0.15, 0.2) is 60.9 Å². The van der Waals surface area contributed by atoms with Gasteiger partial charge >= 0.3 is 0 Å². The Kier molecular flexibility index (Phi) is 7.92. The number of hydrogen-bond acceptors (Lipinski definition) is 4. The average molecular weight is 410 g/mol. The van der Waals surface area contributed by atoms with E-state index in [2.05, 4.69) is 10.3 Å². The number of aryl methyl sites for hydroxylation is 1. The second-order valence-electron chi connectivity index (χ2n) is 6.21. The highest BCUT2D eigenvalue weighted by molar-refractivity contribution is 5.85. The van der Waals surface area contributed by atoms with Gasteiger partial charge in [-0.3, -0.25) is 0 Å². The summed E-state index contributed by atoms with van der Waals surface area (Å²) in [4.78, 5) is 4.33. The van der Waals surface area contributed by atoms with Crippen molar-refractivity contribution in [3.63, 3.8) is 0 Å². The fraction of sp³-hybridized carbons (Fsp3) is 0.250. The number of benzene rings is 2. The first-order chi connectivity index (χ1) is 13.0. The Balaban J connectivity index is 0.00000280. The normalized spacial score (nSPS) is 12.9. The summed E-state index contributed by atoms with van der Waals surface area (Å²) in [5, 5.41) is 13.4. The fourth-order valence-corrected chi connectivity index (χ4v) is 2.74. The highest BCUT2D eigenvalue weighted by Crippen LogP contribution is 2.21. The van der Waals surface area contributed by atoms with Gasteiger partial charge in [-0.2, -0.15) is 0 Å². The zero-order chi connectivity index (χ0) is 19.2. The molecule has 1 aromatic heterocycles. The Morgan fingerprint density at radius 3 is 2.54 bits per heavy atom. The number of rotatable bonds is 8. The lowest BCUT2D eigenvalue weighted by Gasteiger charge is -2.21. The summed E-state index contributed by atoms with van der Waals surface area (Å²) in [6, 6.07) is 11.5. The molecule has 0 fully saturated rings. The molecule has 0 amide bonds. The fourth-order valence-electron chi connectivity index (χ4n) is 2.74. The lowest BCUT2D eigenvalue weighted by Crippen LogP contribution is -2.35. The monoisotopic (exact) mass is 409 g/mol. The van der Waals surface area contributed by atoms with Crippen LogP contribution >= 0.6 is 12.4 Å². The molecule has 8 heteroatoms. The predicted octanol–water partition coefficient (Wildman–Crippen LogP) is 3.24. The molecule has 1 heterocycles. The van der Waals surface area contributed by atoms with Gasteiger partial charge in [-0.1, -0.05) is 12.1 Å². The largest absolute Gasteiger partial charge is 0.491 e. The van der Waals surface area contributed by atoms with Gasteiger partial charge in [-0.05, 0) is 42.0 Å². The molecule has 28 heavy (non-hydrogen) atoms. The molecule has 2 unspecified atom stereocenters. The molecular formula is C20H22ClF2N3O2. The zero-order valence-corrected chi connectivity index (χ0v) is 16.1. The third-order valence-electron chi connectivity index (χ3n) is 4.11. The summed E-state index contributed by atoms with van der Waals surface area (Å²) in [5.74, 6) is 0.486. The van der Waals surface area contributed by atoms with E-state index in [9.17, 15) is 13.9 Å². The summed E-state index contributed by atoms with van der Waals surface area (Å²) >= 11 is 0. The molecule has 0 spiro atoms. The first-order valence-corrected chi connectivity index (χ1v) is 8.55. The van der Waals surface area contributed by atoms with Gasteiger partial charge < -0.3 is 19.7 Å². The van der Waals surface area contributed by atoms with Crippen LogP contribution in [0.1, 0.15) is 17.4 Å². The van der Waals surface area contributed by atoms with Gasteiger partial charge in [0, 0.05) is 26.0 Å². The highest BCUT2D eigenvalue weighted by atomic mass is 35.5. The molecule has 0 aliphatic rings. The van der Waals surface area contributed by atoms with Crippen molar-refractivity contribution >= 4 is 12.4 Å². The molecule has 0 aliphatic heterocycles. The molecule has 0 radical (unpaired) electrons. The Bertz CT molecular complexity index is 874. The van der Waals surface area contributed by atoms with Gasteiger partial charge in [0.15, 0.2) is 0 Å². The Hall–Kier alpha value is -2.48. The van der Waals surface area contributed by atoms with E-state index in [0.29, 0.717) is 17.1 Å². The van der Waals surface area contributed by atoms with E-state index < -0.39 is 6.10 Å². The van der Waals surface area contributed by atoms with Crippen molar-refractivity contribution in [2.24, 2.45) is 7.05 Å². The van der Waals surface area contributed by atoms with Crippen LogP contribution in [0.3, 0.4) is 0 Å². The number of imidazole rings is 1. The molecule has 0 bridgehead atoms. The molecule has 150 valence electrons.